The number of benzene rings is 3. The highest BCUT2D eigenvalue weighted by atomic mass is 79.9. The van der Waals surface area contributed by atoms with E-state index in [0.717, 1.165) is 27.5 Å². The summed E-state index contributed by atoms with van der Waals surface area (Å²) < 4.78 is 8.09. The molecule has 4 rings (SSSR count). The molecule has 0 aliphatic heterocycles. The molecule has 7 heteroatoms. The molecular weight excluding hydrogens is 470 g/mol. The molecule has 162 valence electrons. The molecule has 0 bridgehead atoms. The zero-order valence-electron chi connectivity index (χ0n) is 17.5. The second-order valence-corrected chi connectivity index (χ2v) is 8.33. The van der Waals surface area contributed by atoms with Crippen molar-refractivity contribution in [2.75, 3.05) is 6.61 Å². The van der Waals surface area contributed by atoms with Crippen LogP contribution in [0.15, 0.2) is 87.5 Å². The summed E-state index contributed by atoms with van der Waals surface area (Å²) in [5.74, 6) is 0.0265. The van der Waals surface area contributed by atoms with E-state index in [1.54, 1.807) is 16.7 Å². The first-order chi connectivity index (χ1) is 15.5. The highest BCUT2D eigenvalue weighted by molar-refractivity contribution is 9.10. The van der Waals surface area contributed by atoms with Crippen LogP contribution in [0.25, 0.3) is 10.9 Å². The van der Waals surface area contributed by atoms with E-state index < -0.39 is 5.91 Å². The lowest BCUT2D eigenvalue weighted by molar-refractivity contribution is -0.120. The minimum absolute atomic E-state index is 0.0231. The number of amides is 1. The first-order valence-electron chi connectivity index (χ1n) is 10.2. The van der Waals surface area contributed by atoms with Crippen LogP contribution in [0.1, 0.15) is 11.1 Å². The minimum Gasteiger partial charge on any atom is -0.493 e. The second-order valence-electron chi connectivity index (χ2n) is 7.42. The van der Waals surface area contributed by atoms with Gasteiger partial charge in [0.25, 0.3) is 0 Å². The number of halogens is 1. The van der Waals surface area contributed by atoms with E-state index in [2.05, 4.69) is 26.2 Å². The molecule has 1 amide bonds. The molecule has 32 heavy (non-hydrogen) atoms. The molecule has 0 radical (unpaired) electrons. The Morgan fingerprint density at radius 2 is 1.81 bits per heavy atom. The summed E-state index contributed by atoms with van der Waals surface area (Å²) in [4.78, 5) is 12.2. The summed E-state index contributed by atoms with van der Waals surface area (Å²) in [5.41, 5.74) is 3.35. The van der Waals surface area contributed by atoms with Gasteiger partial charge in [-0.3, -0.25) is 4.79 Å². The zero-order chi connectivity index (χ0) is 22.5. The van der Waals surface area contributed by atoms with E-state index in [4.69, 9.17) is 4.74 Å². The van der Waals surface area contributed by atoms with Crippen molar-refractivity contribution < 1.29 is 14.6 Å². The number of carbonyl (C=O) groups excluding carboxylic acids is 1. The van der Waals surface area contributed by atoms with Crippen molar-refractivity contribution in [1.82, 2.24) is 4.57 Å². The molecule has 3 aromatic carbocycles. The molecule has 0 atom stereocenters. The lowest BCUT2D eigenvalue weighted by Gasteiger charge is -2.07. The Balaban J connectivity index is 1.54. The maximum Gasteiger partial charge on any atom is 0.302 e. The fourth-order valence-corrected chi connectivity index (χ4v) is 3.78. The Morgan fingerprint density at radius 3 is 2.56 bits per heavy atom. The van der Waals surface area contributed by atoms with Crippen LogP contribution in [0.3, 0.4) is 0 Å². The monoisotopic (exact) mass is 491 g/mol. The molecule has 0 saturated heterocycles. The predicted octanol–water partition coefficient (Wildman–Crippen LogP) is 6.35. The Labute approximate surface area is 194 Å². The van der Waals surface area contributed by atoms with Crippen molar-refractivity contribution >= 4 is 38.4 Å². The molecule has 0 fully saturated rings. The summed E-state index contributed by atoms with van der Waals surface area (Å²) in [6.45, 7) is 2.31. The predicted molar refractivity (Wildman–Crippen MR) is 128 cm³/mol. The molecule has 0 spiro atoms. The van der Waals surface area contributed by atoms with E-state index >= 15 is 0 Å². The number of aromatic nitrogens is 1. The smallest absolute Gasteiger partial charge is 0.302 e. The standard InChI is InChI=1S/C25H22BrN3O3/c1-17-7-10-20(11-8-17)32-16-23(30)27-28-24-21-15-19(26)9-12-22(21)29(25(24)31)14-13-18-5-3-2-4-6-18/h2-12,15,31H,13-14,16H2,1H3. The second kappa shape index (κ2) is 9.78. The van der Waals surface area contributed by atoms with Gasteiger partial charge >= 0.3 is 5.91 Å². The lowest BCUT2D eigenvalue weighted by atomic mass is 10.1. The number of carbonyl (C=O) groups is 1. The number of rotatable bonds is 7. The highest BCUT2D eigenvalue weighted by Crippen LogP contribution is 2.40. The molecule has 0 saturated carbocycles. The van der Waals surface area contributed by atoms with E-state index in [-0.39, 0.29) is 18.2 Å². The van der Waals surface area contributed by atoms with Crippen LogP contribution in [0.2, 0.25) is 0 Å². The number of fused-ring (bicyclic) bond motifs is 1. The van der Waals surface area contributed by atoms with Gasteiger partial charge in [0, 0.05) is 16.4 Å². The summed E-state index contributed by atoms with van der Waals surface area (Å²) in [7, 11) is 0. The average Bonchev–Trinajstić information content (AvgIpc) is 3.06. The molecule has 1 N–H and O–H groups in total. The molecule has 1 aromatic heterocycles. The summed E-state index contributed by atoms with van der Waals surface area (Å²) in [6.07, 6.45) is 0.744. The third-order valence-electron chi connectivity index (χ3n) is 5.08. The molecular formula is C25H22BrN3O3. The van der Waals surface area contributed by atoms with Gasteiger partial charge in [0.2, 0.25) is 5.88 Å². The zero-order valence-corrected chi connectivity index (χ0v) is 19.1. The van der Waals surface area contributed by atoms with Gasteiger partial charge in [-0.25, -0.2) is 0 Å². The Kier molecular flexibility index (Phi) is 6.66. The molecule has 0 aliphatic carbocycles. The van der Waals surface area contributed by atoms with Gasteiger partial charge in [0.05, 0.1) is 5.52 Å². The van der Waals surface area contributed by atoms with Crippen LogP contribution in [0, 0.1) is 6.92 Å². The Hall–Kier alpha value is -3.45. The van der Waals surface area contributed by atoms with Crippen LogP contribution in [0.5, 0.6) is 11.6 Å². The van der Waals surface area contributed by atoms with E-state index in [0.29, 0.717) is 17.7 Å². The number of azo groups is 1. The molecule has 0 aliphatic rings. The normalized spacial score (nSPS) is 11.3. The van der Waals surface area contributed by atoms with Crippen molar-refractivity contribution in [1.29, 1.82) is 0 Å². The first-order valence-corrected chi connectivity index (χ1v) is 11.0. The van der Waals surface area contributed by atoms with Gasteiger partial charge in [-0.1, -0.05) is 64.0 Å². The summed E-state index contributed by atoms with van der Waals surface area (Å²) in [5, 5.41) is 19.4. The third-order valence-corrected chi connectivity index (χ3v) is 5.58. The SMILES string of the molecule is Cc1ccc(OCC(=O)N=Nc2c(O)n(CCc3ccccc3)c3ccc(Br)cc23)cc1. The average molecular weight is 492 g/mol. The maximum atomic E-state index is 12.2. The van der Waals surface area contributed by atoms with E-state index in [9.17, 15) is 9.90 Å². The minimum atomic E-state index is -0.537. The van der Waals surface area contributed by atoms with Gasteiger partial charge in [0.1, 0.15) is 5.75 Å². The first kappa shape index (κ1) is 21.8. The molecule has 0 unspecified atom stereocenters. The number of nitrogens with zero attached hydrogens (tertiary/aromatic N) is 3. The number of ether oxygens (including phenoxy) is 1. The van der Waals surface area contributed by atoms with Crippen LogP contribution < -0.4 is 4.74 Å². The molecule has 6 nitrogen and oxygen atoms in total. The number of aromatic hydroxyl groups is 1. The quantitative estimate of drug-likeness (QED) is 0.306. The number of aryl methyl sites for hydroxylation is 3. The van der Waals surface area contributed by atoms with Crippen molar-refractivity contribution in [2.24, 2.45) is 10.2 Å². The number of hydrogen-bond donors (Lipinski definition) is 1. The summed E-state index contributed by atoms with van der Waals surface area (Å²) in [6, 6.07) is 23.1. The number of hydrogen-bond acceptors (Lipinski definition) is 4. The van der Waals surface area contributed by atoms with Crippen molar-refractivity contribution in [3.05, 3.63) is 88.4 Å². The Morgan fingerprint density at radius 1 is 1.06 bits per heavy atom. The van der Waals surface area contributed by atoms with Crippen molar-refractivity contribution in [3.63, 3.8) is 0 Å². The van der Waals surface area contributed by atoms with Crippen LogP contribution in [-0.2, 0) is 17.8 Å². The topological polar surface area (TPSA) is 76.2 Å². The Bertz CT molecular complexity index is 1270. The van der Waals surface area contributed by atoms with Crippen molar-refractivity contribution in [3.8, 4) is 11.6 Å². The molecule has 1 heterocycles. The third kappa shape index (κ3) is 5.06. The highest BCUT2D eigenvalue weighted by Gasteiger charge is 2.17. The maximum absolute atomic E-state index is 12.2. The molecule has 4 aromatic rings. The van der Waals surface area contributed by atoms with Gasteiger partial charge in [0.15, 0.2) is 12.3 Å². The fourth-order valence-electron chi connectivity index (χ4n) is 3.42. The van der Waals surface area contributed by atoms with Gasteiger partial charge in [-0.15, -0.1) is 10.2 Å². The van der Waals surface area contributed by atoms with Crippen LogP contribution in [-0.4, -0.2) is 22.2 Å². The fraction of sp³-hybridized carbons (Fsp3) is 0.160. The largest absolute Gasteiger partial charge is 0.493 e. The van der Waals surface area contributed by atoms with Gasteiger partial charge < -0.3 is 14.4 Å². The summed E-state index contributed by atoms with van der Waals surface area (Å²) >= 11 is 3.46. The van der Waals surface area contributed by atoms with E-state index in [1.807, 2.05) is 67.6 Å². The van der Waals surface area contributed by atoms with E-state index in [1.165, 1.54) is 0 Å². The van der Waals surface area contributed by atoms with Crippen molar-refractivity contribution in [2.45, 2.75) is 19.9 Å². The van der Waals surface area contributed by atoms with Gasteiger partial charge in [-0.05, 0) is 49.2 Å². The van der Waals surface area contributed by atoms with Crippen LogP contribution in [0.4, 0.5) is 5.69 Å². The lowest BCUT2D eigenvalue weighted by Crippen LogP contribution is -2.07. The van der Waals surface area contributed by atoms with Gasteiger partial charge in [-0.2, -0.15) is 0 Å². The van der Waals surface area contributed by atoms with Crippen LogP contribution >= 0.6 is 15.9 Å².